The molecule has 0 unspecified atom stereocenters. The fourth-order valence-electron chi connectivity index (χ4n) is 2.43. The standard InChI is InChI=1S/C15H20N4O5S/c1-3-13-17-18-15(24-13)12-10-19(7-8-23-12)25(20,21)11-5-6-14(16-9-11)22-4-2/h5-6,9,12H,3-4,7-8,10H2,1-2H3/t12-/m0/s1. The zero-order valence-electron chi connectivity index (χ0n) is 14.1. The molecule has 1 fully saturated rings. The quantitative estimate of drug-likeness (QED) is 0.748. The van der Waals surface area contributed by atoms with Crippen molar-refractivity contribution in [1.82, 2.24) is 19.5 Å². The van der Waals surface area contributed by atoms with Gasteiger partial charge in [0.2, 0.25) is 27.7 Å². The first-order valence-corrected chi connectivity index (χ1v) is 9.51. The smallest absolute Gasteiger partial charge is 0.246 e. The predicted molar refractivity (Wildman–Crippen MR) is 86.5 cm³/mol. The lowest BCUT2D eigenvalue weighted by molar-refractivity contribution is -0.0178. The van der Waals surface area contributed by atoms with Gasteiger partial charge in [-0.3, -0.25) is 0 Å². The van der Waals surface area contributed by atoms with Gasteiger partial charge in [-0.05, 0) is 13.0 Å². The number of rotatable bonds is 6. The monoisotopic (exact) mass is 368 g/mol. The van der Waals surface area contributed by atoms with Crippen LogP contribution >= 0.6 is 0 Å². The van der Waals surface area contributed by atoms with E-state index < -0.39 is 16.1 Å². The summed E-state index contributed by atoms with van der Waals surface area (Å²) in [6, 6.07) is 3.03. The van der Waals surface area contributed by atoms with E-state index in [1.165, 1.54) is 16.6 Å². The van der Waals surface area contributed by atoms with Gasteiger partial charge in [-0.25, -0.2) is 13.4 Å². The first-order valence-electron chi connectivity index (χ1n) is 8.07. The third-order valence-electron chi connectivity index (χ3n) is 3.73. The zero-order chi connectivity index (χ0) is 17.9. The van der Waals surface area contributed by atoms with E-state index in [0.29, 0.717) is 30.7 Å². The minimum atomic E-state index is -3.69. The maximum atomic E-state index is 12.8. The Morgan fingerprint density at radius 1 is 1.32 bits per heavy atom. The summed E-state index contributed by atoms with van der Waals surface area (Å²) in [4.78, 5) is 4.13. The van der Waals surface area contributed by atoms with E-state index in [9.17, 15) is 8.42 Å². The maximum Gasteiger partial charge on any atom is 0.246 e. The second kappa shape index (κ2) is 7.46. The number of sulfonamides is 1. The predicted octanol–water partition coefficient (Wildman–Crippen LogP) is 1.19. The van der Waals surface area contributed by atoms with Gasteiger partial charge in [0.25, 0.3) is 0 Å². The van der Waals surface area contributed by atoms with Crippen LogP contribution in [0.1, 0.15) is 31.7 Å². The molecule has 25 heavy (non-hydrogen) atoms. The Morgan fingerprint density at radius 2 is 2.16 bits per heavy atom. The molecule has 136 valence electrons. The molecule has 1 atom stereocenters. The summed E-state index contributed by atoms with van der Waals surface area (Å²) in [5.41, 5.74) is 0. The van der Waals surface area contributed by atoms with E-state index >= 15 is 0 Å². The largest absolute Gasteiger partial charge is 0.478 e. The van der Waals surface area contributed by atoms with Gasteiger partial charge in [0, 0.05) is 25.6 Å². The summed E-state index contributed by atoms with van der Waals surface area (Å²) in [6.07, 6.45) is 1.33. The summed E-state index contributed by atoms with van der Waals surface area (Å²) < 4.78 is 43.3. The van der Waals surface area contributed by atoms with Crippen molar-refractivity contribution in [3.05, 3.63) is 30.1 Å². The van der Waals surface area contributed by atoms with Gasteiger partial charge < -0.3 is 13.9 Å². The van der Waals surface area contributed by atoms with E-state index in [2.05, 4.69) is 15.2 Å². The Hall–Kier alpha value is -2.04. The summed E-state index contributed by atoms with van der Waals surface area (Å²) in [5.74, 6) is 1.18. The molecule has 1 aliphatic heterocycles. The van der Waals surface area contributed by atoms with Crippen molar-refractivity contribution in [3.63, 3.8) is 0 Å². The van der Waals surface area contributed by atoms with E-state index in [1.54, 1.807) is 6.07 Å². The van der Waals surface area contributed by atoms with Crippen molar-refractivity contribution in [2.45, 2.75) is 31.3 Å². The molecule has 0 bridgehead atoms. The molecular weight excluding hydrogens is 348 g/mol. The Bertz CT molecular complexity index is 806. The summed E-state index contributed by atoms with van der Waals surface area (Å²) in [7, 11) is -3.69. The van der Waals surface area contributed by atoms with Crippen LogP contribution in [-0.4, -0.2) is 54.2 Å². The highest BCUT2D eigenvalue weighted by Crippen LogP contribution is 2.26. The highest BCUT2D eigenvalue weighted by molar-refractivity contribution is 7.89. The molecular formula is C15H20N4O5S. The van der Waals surface area contributed by atoms with Crippen molar-refractivity contribution in [2.75, 3.05) is 26.3 Å². The zero-order valence-corrected chi connectivity index (χ0v) is 14.9. The second-order valence-corrected chi connectivity index (χ2v) is 7.31. The molecule has 2 aromatic rings. The summed E-state index contributed by atoms with van der Waals surface area (Å²) in [6.45, 7) is 4.81. The lowest BCUT2D eigenvalue weighted by atomic mass is 10.3. The lowest BCUT2D eigenvalue weighted by Gasteiger charge is -2.30. The van der Waals surface area contributed by atoms with Crippen LogP contribution in [0.25, 0.3) is 0 Å². The number of hydrogen-bond acceptors (Lipinski definition) is 8. The van der Waals surface area contributed by atoms with Gasteiger partial charge in [-0.2, -0.15) is 4.31 Å². The number of ether oxygens (including phenoxy) is 2. The molecule has 0 N–H and O–H groups in total. The topological polar surface area (TPSA) is 108 Å². The van der Waals surface area contributed by atoms with Gasteiger partial charge in [-0.1, -0.05) is 6.92 Å². The molecule has 0 radical (unpaired) electrons. The number of nitrogens with zero attached hydrogens (tertiary/aromatic N) is 4. The maximum absolute atomic E-state index is 12.8. The summed E-state index contributed by atoms with van der Waals surface area (Å²) >= 11 is 0. The first-order chi connectivity index (χ1) is 12.0. The molecule has 0 saturated carbocycles. The fraction of sp³-hybridized carbons (Fsp3) is 0.533. The number of aryl methyl sites for hydroxylation is 1. The van der Waals surface area contributed by atoms with Crippen molar-refractivity contribution in [3.8, 4) is 5.88 Å². The SMILES string of the molecule is CCOc1ccc(S(=O)(=O)N2CCO[C@H](c3nnc(CC)o3)C2)cn1. The average molecular weight is 368 g/mol. The van der Waals surface area contributed by atoms with Crippen LogP contribution in [0.15, 0.2) is 27.6 Å². The highest BCUT2D eigenvalue weighted by Gasteiger charge is 2.34. The third kappa shape index (κ3) is 3.80. The number of pyridine rings is 1. The fourth-order valence-corrected chi connectivity index (χ4v) is 3.81. The van der Waals surface area contributed by atoms with Crippen molar-refractivity contribution in [2.24, 2.45) is 0 Å². The normalized spacial score (nSPS) is 19.0. The van der Waals surface area contributed by atoms with Crippen molar-refractivity contribution >= 4 is 10.0 Å². The van der Waals surface area contributed by atoms with E-state index in [0.717, 1.165) is 0 Å². The van der Waals surface area contributed by atoms with Crippen LogP contribution in [0.2, 0.25) is 0 Å². The molecule has 3 rings (SSSR count). The van der Waals surface area contributed by atoms with Gasteiger partial charge in [0.1, 0.15) is 11.0 Å². The molecule has 1 aliphatic rings. The number of aromatic nitrogens is 3. The lowest BCUT2D eigenvalue weighted by Crippen LogP contribution is -2.42. The molecule has 2 aromatic heterocycles. The molecule has 0 aliphatic carbocycles. The highest BCUT2D eigenvalue weighted by atomic mass is 32.2. The molecule has 1 saturated heterocycles. The van der Waals surface area contributed by atoms with Crippen LogP contribution in [0, 0.1) is 0 Å². The van der Waals surface area contributed by atoms with E-state index in [-0.39, 0.29) is 24.6 Å². The van der Waals surface area contributed by atoms with E-state index in [4.69, 9.17) is 13.9 Å². The van der Waals surface area contributed by atoms with Crippen LogP contribution in [0.3, 0.4) is 0 Å². The molecule has 3 heterocycles. The van der Waals surface area contributed by atoms with Crippen LogP contribution in [0.5, 0.6) is 5.88 Å². The van der Waals surface area contributed by atoms with E-state index in [1.807, 2.05) is 13.8 Å². The van der Waals surface area contributed by atoms with Gasteiger partial charge in [-0.15, -0.1) is 10.2 Å². The number of hydrogen-bond donors (Lipinski definition) is 0. The van der Waals surface area contributed by atoms with Crippen LogP contribution in [-0.2, 0) is 21.2 Å². The van der Waals surface area contributed by atoms with Gasteiger partial charge in [0.15, 0.2) is 0 Å². The third-order valence-corrected chi connectivity index (χ3v) is 5.58. The molecule has 9 nitrogen and oxygen atoms in total. The van der Waals surface area contributed by atoms with Crippen molar-refractivity contribution < 1.29 is 22.3 Å². The molecule has 0 amide bonds. The second-order valence-electron chi connectivity index (χ2n) is 5.38. The minimum absolute atomic E-state index is 0.108. The Kier molecular flexibility index (Phi) is 5.30. The van der Waals surface area contributed by atoms with Crippen LogP contribution in [0.4, 0.5) is 0 Å². The Morgan fingerprint density at radius 3 is 2.80 bits per heavy atom. The van der Waals surface area contributed by atoms with Gasteiger partial charge >= 0.3 is 0 Å². The summed E-state index contributed by atoms with van der Waals surface area (Å²) in [5, 5.41) is 7.83. The first kappa shape index (κ1) is 17.8. The van der Waals surface area contributed by atoms with Crippen LogP contribution < -0.4 is 4.74 Å². The minimum Gasteiger partial charge on any atom is -0.478 e. The Labute approximate surface area is 146 Å². The number of morpholine rings is 1. The molecule has 0 aromatic carbocycles. The van der Waals surface area contributed by atoms with Crippen molar-refractivity contribution in [1.29, 1.82) is 0 Å². The molecule has 10 heteroatoms. The van der Waals surface area contributed by atoms with Gasteiger partial charge in [0.05, 0.1) is 19.4 Å². The average Bonchev–Trinajstić information content (AvgIpc) is 3.12. The molecule has 0 spiro atoms. The Balaban J connectivity index is 1.77.